The van der Waals surface area contributed by atoms with Gasteiger partial charge in [0, 0.05) is 6.54 Å². The molecule has 0 aromatic carbocycles. The van der Waals surface area contributed by atoms with Gasteiger partial charge in [0.05, 0.1) is 0 Å². The van der Waals surface area contributed by atoms with E-state index in [-0.39, 0.29) is 12.5 Å². The van der Waals surface area contributed by atoms with Gasteiger partial charge in [0.25, 0.3) is 0 Å². The van der Waals surface area contributed by atoms with Gasteiger partial charge in [-0.2, -0.15) is 0 Å². The Kier molecular flexibility index (Phi) is 2.67. The molecule has 0 aromatic rings. The summed E-state index contributed by atoms with van der Waals surface area (Å²) in [6, 6.07) is 0. The zero-order valence-electron chi connectivity index (χ0n) is 6.92. The van der Waals surface area contributed by atoms with Gasteiger partial charge in [0.15, 0.2) is 0 Å². The summed E-state index contributed by atoms with van der Waals surface area (Å²) in [7, 11) is 0. The lowest BCUT2D eigenvalue weighted by Gasteiger charge is -2.39. The van der Waals surface area contributed by atoms with E-state index in [1.807, 2.05) is 0 Å². The number of hydrogen-bond donors (Lipinski definition) is 2. The normalized spacial score (nSPS) is 22.8. The number of aliphatic carboxylic acids is 1. The van der Waals surface area contributed by atoms with Crippen LogP contribution in [-0.4, -0.2) is 24.3 Å². The van der Waals surface area contributed by atoms with Crippen LogP contribution in [0.1, 0.15) is 19.3 Å². The summed E-state index contributed by atoms with van der Waals surface area (Å²) in [6.45, 7) is -0.938. The second kappa shape index (κ2) is 3.39. The summed E-state index contributed by atoms with van der Waals surface area (Å²) in [5.74, 6) is -1.14. The topological polar surface area (TPSA) is 63.3 Å². The maximum atomic E-state index is 12.6. The molecule has 0 radical (unpaired) electrons. The van der Waals surface area contributed by atoms with E-state index >= 15 is 0 Å². The Hall–Kier alpha value is -0.640. The van der Waals surface area contributed by atoms with Crippen molar-refractivity contribution in [2.24, 2.45) is 17.1 Å². The molecule has 70 valence electrons. The van der Waals surface area contributed by atoms with Crippen LogP contribution >= 0.6 is 0 Å². The number of carboxylic acids is 1. The number of carbonyl (C=O) groups is 1. The molecular formula is C8H14FNO2. The van der Waals surface area contributed by atoms with Gasteiger partial charge in [-0.05, 0) is 18.8 Å². The highest BCUT2D eigenvalue weighted by molar-refractivity contribution is 5.75. The smallest absolute Gasteiger partial charge is 0.313 e. The average Bonchev–Trinajstić information content (AvgIpc) is 1.95. The molecule has 1 unspecified atom stereocenters. The number of hydrogen-bond acceptors (Lipinski definition) is 2. The van der Waals surface area contributed by atoms with Gasteiger partial charge in [-0.3, -0.25) is 4.79 Å². The Morgan fingerprint density at radius 3 is 2.33 bits per heavy atom. The van der Waals surface area contributed by atoms with Crippen molar-refractivity contribution in [2.75, 3.05) is 13.2 Å². The van der Waals surface area contributed by atoms with Gasteiger partial charge in [-0.25, -0.2) is 4.39 Å². The second-order valence-corrected chi connectivity index (χ2v) is 3.43. The quantitative estimate of drug-likeness (QED) is 0.663. The van der Waals surface area contributed by atoms with E-state index in [0.717, 1.165) is 19.3 Å². The molecule has 1 aliphatic rings. The van der Waals surface area contributed by atoms with E-state index in [4.69, 9.17) is 10.8 Å². The molecule has 0 saturated heterocycles. The van der Waals surface area contributed by atoms with E-state index in [9.17, 15) is 9.18 Å². The molecule has 12 heavy (non-hydrogen) atoms. The first-order valence-corrected chi connectivity index (χ1v) is 4.17. The highest BCUT2D eigenvalue weighted by Gasteiger charge is 2.47. The lowest BCUT2D eigenvalue weighted by molar-refractivity contribution is -0.155. The monoisotopic (exact) mass is 175 g/mol. The third-order valence-electron chi connectivity index (χ3n) is 2.92. The number of alkyl halides is 1. The van der Waals surface area contributed by atoms with Crippen molar-refractivity contribution in [3.05, 3.63) is 0 Å². The minimum absolute atomic E-state index is 0.0509. The van der Waals surface area contributed by atoms with Gasteiger partial charge in [0.2, 0.25) is 0 Å². The van der Waals surface area contributed by atoms with Crippen LogP contribution in [0.5, 0.6) is 0 Å². The predicted octanol–water partition coefficient (Wildman–Crippen LogP) is 0.786. The highest BCUT2D eigenvalue weighted by Crippen LogP contribution is 2.42. The average molecular weight is 175 g/mol. The van der Waals surface area contributed by atoms with Gasteiger partial charge in [-0.15, -0.1) is 0 Å². The summed E-state index contributed by atoms with van der Waals surface area (Å²) < 4.78 is 12.6. The molecule has 1 atom stereocenters. The van der Waals surface area contributed by atoms with E-state index in [0.29, 0.717) is 0 Å². The molecule has 0 bridgehead atoms. The van der Waals surface area contributed by atoms with E-state index < -0.39 is 18.1 Å². The first kappa shape index (κ1) is 9.45. The van der Waals surface area contributed by atoms with Crippen LogP contribution < -0.4 is 5.73 Å². The molecule has 3 N–H and O–H groups in total. The van der Waals surface area contributed by atoms with Crippen molar-refractivity contribution >= 4 is 5.97 Å². The molecule has 0 amide bonds. The maximum Gasteiger partial charge on any atom is 0.313 e. The Balaban J connectivity index is 2.74. The minimum Gasteiger partial charge on any atom is -0.481 e. The Bertz CT molecular complexity index is 176. The van der Waals surface area contributed by atoms with Crippen LogP contribution in [0.3, 0.4) is 0 Å². The predicted molar refractivity (Wildman–Crippen MR) is 42.4 cm³/mol. The molecule has 0 heterocycles. The molecule has 1 fully saturated rings. The highest BCUT2D eigenvalue weighted by atomic mass is 19.1. The zero-order valence-corrected chi connectivity index (χ0v) is 6.92. The van der Waals surface area contributed by atoms with E-state index in [1.54, 1.807) is 0 Å². The molecule has 1 aliphatic carbocycles. The van der Waals surface area contributed by atoms with Crippen molar-refractivity contribution in [3.8, 4) is 0 Å². The lowest BCUT2D eigenvalue weighted by Crippen LogP contribution is -2.49. The minimum atomic E-state index is -1.29. The van der Waals surface area contributed by atoms with Crippen LogP contribution in [0.25, 0.3) is 0 Å². The molecule has 3 nitrogen and oxygen atoms in total. The number of rotatable bonds is 4. The molecule has 0 spiro atoms. The summed E-state index contributed by atoms with van der Waals surface area (Å²) in [4.78, 5) is 10.8. The molecule has 0 aromatic heterocycles. The standard InChI is InChI=1S/C8H14FNO2/c9-4-8(5-10,7(11)12)6-2-1-3-6/h6H,1-5,10H2,(H,11,12). The maximum absolute atomic E-state index is 12.6. The third-order valence-corrected chi connectivity index (χ3v) is 2.92. The lowest BCUT2D eigenvalue weighted by atomic mass is 9.66. The van der Waals surface area contributed by atoms with Gasteiger partial charge >= 0.3 is 5.97 Å². The number of halogens is 1. The van der Waals surface area contributed by atoms with Crippen LogP contribution in [0.4, 0.5) is 4.39 Å². The van der Waals surface area contributed by atoms with E-state index in [1.165, 1.54) is 0 Å². The zero-order chi connectivity index (χ0) is 9.19. The van der Waals surface area contributed by atoms with Crippen LogP contribution in [-0.2, 0) is 4.79 Å². The molecule has 1 rings (SSSR count). The molecular weight excluding hydrogens is 161 g/mol. The van der Waals surface area contributed by atoms with Gasteiger partial charge < -0.3 is 10.8 Å². The molecule has 1 saturated carbocycles. The first-order valence-electron chi connectivity index (χ1n) is 4.17. The summed E-state index contributed by atoms with van der Waals surface area (Å²) in [6.07, 6.45) is 2.60. The first-order chi connectivity index (χ1) is 5.67. The van der Waals surface area contributed by atoms with Crippen LogP contribution in [0.2, 0.25) is 0 Å². The summed E-state index contributed by atoms with van der Waals surface area (Å²) in [5, 5.41) is 8.84. The van der Waals surface area contributed by atoms with E-state index in [2.05, 4.69) is 0 Å². The second-order valence-electron chi connectivity index (χ2n) is 3.43. The fraction of sp³-hybridized carbons (Fsp3) is 0.875. The fourth-order valence-electron chi connectivity index (χ4n) is 1.61. The fourth-order valence-corrected chi connectivity index (χ4v) is 1.61. The van der Waals surface area contributed by atoms with Crippen molar-refractivity contribution in [1.82, 2.24) is 0 Å². The SMILES string of the molecule is NCC(CF)(C(=O)O)C1CCC1. The van der Waals surface area contributed by atoms with Crippen LogP contribution in [0, 0.1) is 11.3 Å². The summed E-state index contributed by atoms with van der Waals surface area (Å²) in [5.41, 5.74) is 4.02. The van der Waals surface area contributed by atoms with Crippen molar-refractivity contribution in [1.29, 1.82) is 0 Å². The van der Waals surface area contributed by atoms with Crippen molar-refractivity contribution in [2.45, 2.75) is 19.3 Å². The molecule has 0 aliphatic heterocycles. The third kappa shape index (κ3) is 1.20. The Morgan fingerprint density at radius 1 is 1.67 bits per heavy atom. The Labute approximate surface area is 70.7 Å². The number of carboxylic acid groups (broad SMARTS) is 1. The largest absolute Gasteiger partial charge is 0.481 e. The number of nitrogens with two attached hydrogens (primary N) is 1. The van der Waals surface area contributed by atoms with Gasteiger partial charge in [0.1, 0.15) is 12.1 Å². The van der Waals surface area contributed by atoms with Crippen molar-refractivity contribution in [3.63, 3.8) is 0 Å². The summed E-state index contributed by atoms with van der Waals surface area (Å²) >= 11 is 0. The van der Waals surface area contributed by atoms with Crippen LogP contribution in [0.15, 0.2) is 0 Å². The molecule has 4 heteroatoms. The van der Waals surface area contributed by atoms with Crippen molar-refractivity contribution < 1.29 is 14.3 Å². The van der Waals surface area contributed by atoms with Gasteiger partial charge in [-0.1, -0.05) is 6.42 Å². The Morgan fingerprint density at radius 2 is 2.25 bits per heavy atom.